The van der Waals surface area contributed by atoms with E-state index in [1.54, 1.807) is 0 Å². The van der Waals surface area contributed by atoms with E-state index in [9.17, 15) is 9.90 Å². The molecule has 1 aliphatic heterocycles. The van der Waals surface area contributed by atoms with Crippen molar-refractivity contribution in [1.82, 2.24) is 10.6 Å². The molecule has 15 heavy (non-hydrogen) atoms. The van der Waals surface area contributed by atoms with Crippen LogP contribution in [0, 0.1) is 5.92 Å². The van der Waals surface area contributed by atoms with Gasteiger partial charge in [0.2, 0.25) is 5.91 Å². The summed E-state index contributed by atoms with van der Waals surface area (Å²) in [6.07, 6.45) is 4.84. The highest BCUT2D eigenvalue weighted by molar-refractivity contribution is 5.81. The van der Waals surface area contributed by atoms with Crippen LogP contribution in [-0.4, -0.2) is 36.2 Å². The molecule has 0 aromatic heterocycles. The van der Waals surface area contributed by atoms with E-state index < -0.39 is 0 Å². The van der Waals surface area contributed by atoms with Gasteiger partial charge in [0.15, 0.2) is 0 Å². The van der Waals surface area contributed by atoms with Gasteiger partial charge in [-0.3, -0.25) is 4.79 Å². The number of carbonyl (C=O) groups excluding carboxylic acids is 1. The Bertz CT molecular complexity index is 227. The van der Waals surface area contributed by atoms with Gasteiger partial charge in [0.25, 0.3) is 0 Å². The molecule has 86 valence electrons. The molecular weight excluding hydrogens is 192 g/mol. The van der Waals surface area contributed by atoms with Crippen molar-refractivity contribution in [3.8, 4) is 0 Å². The van der Waals surface area contributed by atoms with E-state index in [0.717, 1.165) is 38.6 Å². The Morgan fingerprint density at radius 3 is 2.80 bits per heavy atom. The summed E-state index contributed by atoms with van der Waals surface area (Å²) in [5.74, 6) is 0.377. The second kappa shape index (κ2) is 4.94. The molecule has 2 aliphatic rings. The quantitative estimate of drug-likeness (QED) is 0.618. The Kier molecular flexibility index (Phi) is 3.59. The van der Waals surface area contributed by atoms with E-state index in [1.165, 1.54) is 0 Å². The van der Waals surface area contributed by atoms with Gasteiger partial charge < -0.3 is 15.7 Å². The normalized spacial score (nSPS) is 35.7. The third-order valence-electron chi connectivity index (χ3n) is 3.53. The zero-order valence-corrected chi connectivity index (χ0v) is 9.04. The second-order valence-electron chi connectivity index (χ2n) is 4.65. The van der Waals surface area contributed by atoms with Crippen LogP contribution in [0.25, 0.3) is 0 Å². The SMILES string of the molecule is O=C(NCC1CCCC1O)C1CCCN1. The van der Waals surface area contributed by atoms with Crippen molar-refractivity contribution < 1.29 is 9.90 Å². The minimum absolute atomic E-state index is 0.00328. The molecule has 1 amide bonds. The highest BCUT2D eigenvalue weighted by Crippen LogP contribution is 2.24. The molecule has 1 saturated heterocycles. The van der Waals surface area contributed by atoms with Gasteiger partial charge in [-0.05, 0) is 32.2 Å². The van der Waals surface area contributed by atoms with Gasteiger partial charge >= 0.3 is 0 Å². The van der Waals surface area contributed by atoms with Gasteiger partial charge in [-0.1, -0.05) is 6.42 Å². The van der Waals surface area contributed by atoms with Crippen LogP contribution in [-0.2, 0) is 4.79 Å². The molecule has 2 fully saturated rings. The van der Waals surface area contributed by atoms with Gasteiger partial charge in [0.1, 0.15) is 0 Å². The Labute approximate surface area is 90.4 Å². The maximum absolute atomic E-state index is 11.7. The van der Waals surface area contributed by atoms with Crippen molar-refractivity contribution in [2.45, 2.75) is 44.2 Å². The third kappa shape index (κ3) is 2.69. The molecule has 1 heterocycles. The van der Waals surface area contributed by atoms with E-state index in [-0.39, 0.29) is 24.0 Å². The molecule has 2 rings (SSSR count). The fourth-order valence-corrected chi connectivity index (χ4v) is 2.52. The molecule has 0 radical (unpaired) electrons. The zero-order chi connectivity index (χ0) is 10.7. The van der Waals surface area contributed by atoms with Crippen LogP contribution in [0.3, 0.4) is 0 Å². The molecule has 4 heteroatoms. The molecule has 3 N–H and O–H groups in total. The first-order valence-corrected chi connectivity index (χ1v) is 5.96. The summed E-state index contributed by atoms with van der Waals surface area (Å²) in [6.45, 7) is 1.59. The smallest absolute Gasteiger partial charge is 0.237 e. The van der Waals surface area contributed by atoms with Crippen molar-refractivity contribution in [3.05, 3.63) is 0 Å². The van der Waals surface area contributed by atoms with Crippen LogP contribution in [0.5, 0.6) is 0 Å². The summed E-state index contributed by atoms with van der Waals surface area (Å²) in [5, 5.41) is 15.7. The largest absolute Gasteiger partial charge is 0.393 e. The number of aliphatic hydroxyl groups excluding tert-OH is 1. The maximum Gasteiger partial charge on any atom is 0.237 e. The van der Waals surface area contributed by atoms with Crippen LogP contribution >= 0.6 is 0 Å². The van der Waals surface area contributed by atoms with E-state index in [2.05, 4.69) is 10.6 Å². The van der Waals surface area contributed by atoms with Crippen molar-refractivity contribution in [3.63, 3.8) is 0 Å². The topological polar surface area (TPSA) is 61.4 Å². The first-order valence-electron chi connectivity index (χ1n) is 5.96. The number of amides is 1. The van der Waals surface area contributed by atoms with Crippen LogP contribution in [0.1, 0.15) is 32.1 Å². The van der Waals surface area contributed by atoms with Gasteiger partial charge in [0.05, 0.1) is 12.1 Å². The maximum atomic E-state index is 11.7. The fraction of sp³-hybridized carbons (Fsp3) is 0.909. The highest BCUT2D eigenvalue weighted by atomic mass is 16.3. The van der Waals surface area contributed by atoms with E-state index in [4.69, 9.17) is 0 Å². The lowest BCUT2D eigenvalue weighted by Gasteiger charge is -2.17. The summed E-state index contributed by atoms with van der Waals surface area (Å²) in [5.41, 5.74) is 0. The van der Waals surface area contributed by atoms with Crippen molar-refractivity contribution in [2.75, 3.05) is 13.1 Å². The summed E-state index contributed by atoms with van der Waals surface area (Å²) >= 11 is 0. The number of carbonyl (C=O) groups is 1. The number of nitrogens with one attached hydrogen (secondary N) is 2. The van der Waals surface area contributed by atoms with Crippen molar-refractivity contribution in [2.24, 2.45) is 5.92 Å². The van der Waals surface area contributed by atoms with Gasteiger partial charge in [0, 0.05) is 12.5 Å². The average molecular weight is 212 g/mol. The van der Waals surface area contributed by atoms with Crippen LogP contribution in [0.4, 0.5) is 0 Å². The zero-order valence-electron chi connectivity index (χ0n) is 9.04. The lowest BCUT2D eigenvalue weighted by molar-refractivity contribution is -0.123. The van der Waals surface area contributed by atoms with Crippen LogP contribution in [0.2, 0.25) is 0 Å². The number of aliphatic hydroxyl groups is 1. The molecular formula is C11H20N2O2. The Morgan fingerprint density at radius 2 is 2.20 bits per heavy atom. The molecule has 0 aromatic rings. The predicted octanol–water partition coefficient (Wildman–Crippen LogP) is 0.0156. The standard InChI is InChI=1S/C11H20N2O2/c14-10-5-1-3-8(10)7-13-11(15)9-4-2-6-12-9/h8-10,12,14H,1-7H2,(H,13,15). The second-order valence-corrected chi connectivity index (χ2v) is 4.65. The number of hydrogen-bond donors (Lipinski definition) is 3. The van der Waals surface area contributed by atoms with E-state index in [1.807, 2.05) is 0 Å². The summed E-state index contributed by atoms with van der Waals surface area (Å²) in [7, 11) is 0. The summed E-state index contributed by atoms with van der Waals surface area (Å²) < 4.78 is 0. The Balaban J connectivity index is 1.70. The molecule has 0 bridgehead atoms. The lowest BCUT2D eigenvalue weighted by atomic mass is 10.1. The minimum atomic E-state index is -0.207. The van der Waals surface area contributed by atoms with E-state index >= 15 is 0 Å². The minimum Gasteiger partial charge on any atom is -0.393 e. The van der Waals surface area contributed by atoms with Crippen molar-refractivity contribution in [1.29, 1.82) is 0 Å². The van der Waals surface area contributed by atoms with Gasteiger partial charge in [-0.15, -0.1) is 0 Å². The summed E-state index contributed by atoms with van der Waals surface area (Å²) in [4.78, 5) is 11.7. The molecule has 4 nitrogen and oxygen atoms in total. The number of rotatable bonds is 3. The molecule has 3 atom stereocenters. The van der Waals surface area contributed by atoms with Gasteiger partial charge in [-0.2, -0.15) is 0 Å². The summed E-state index contributed by atoms with van der Waals surface area (Å²) in [6, 6.07) is 0.00328. The average Bonchev–Trinajstić information content (AvgIpc) is 2.85. The van der Waals surface area contributed by atoms with Gasteiger partial charge in [-0.25, -0.2) is 0 Å². The van der Waals surface area contributed by atoms with Crippen molar-refractivity contribution >= 4 is 5.91 Å². The molecule has 0 aromatic carbocycles. The van der Waals surface area contributed by atoms with E-state index in [0.29, 0.717) is 6.54 Å². The van der Waals surface area contributed by atoms with Crippen LogP contribution < -0.4 is 10.6 Å². The third-order valence-corrected chi connectivity index (χ3v) is 3.53. The first-order chi connectivity index (χ1) is 7.27. The monoisotopic (exact) mass is 212 g/mol. The molecule has 3 unspecified atom stereocenters. The fourth-order valence-electron chi connectivity index (χ4n) is 2.52. The molecule has 1 saturated carbocycles. The highest BCUT2D eigenvalue weighted by Gasteiger charge is 2.27. The molecule has 0 spiro atoms. The predicted molar refractivity (Wildman–Crippen MR) is 57.4 cm³/mol. The van der Waals surface area contributed by atoms with Crippen LogP contribution in [0.15, 0.2) is 0 Å². The Hall–Kier alpha value is -0.610. The lowest BCUT2D eigenvalue weighted by Crippen LogP contribution is -2.43. The molecule has 1 aliphatic carbocycles. The first kappa shape index (κ1) is 10.9. The number of hydrogen-bond acceptors (Lipinski definition) is 3. The Morgan fingerprint density at radius 1 is 1.33 bits per heavy atom.